The minimum absolute atomic E-state index is 0.367. The van der Waals surface area contributed by atoms with Crippen molar-refractivity contribution in [1.82, 2.24) is 9.78 Å². The van der Waals surface area contributed by atoms with Gasteiger partial charge in [0.15, 0.2) is 5.69 Å². The predicted octanol–water partition coefficient (Wildman–Crippen LogP) is 1.87. The summed E-state index contributed by atoms with van der Waals surface area (Å²) in [4.78, 5) is 10.7. The van der Waals surface area contributed by atoms with Gasteiger partial charge in [0.1, 0.15) is 4.90 Å². The third-order valence-corrected chi connectivity index (χ3v) is 3.90. The molecule has 1 aromatic heterocycles. The molecule has 0 bridgehead atoms. The fourth-order valence-electron chi connectivity index (χ4n) is 1.72. The van der Waals surface area contributed by atoms with E-state index in [9.17, 15) is 13.2 Å². The molecule has 0 aromatic carbocycles. The van der Waals surface area contributed by atoms with Crippen LogP contribution in [0.4, 0.5) is 0 Å². The second-order valence-electron chi connectivity index (χ2n) is 3.79. The molecule has 0 unspecified atom stereocenters. The van der Waals surface area contributed by atoms with Gasteiger partial charge in [-0.2, -0.15) is 5.10 Å². The minimum atomic E-state index is -4.12. The first-order chi connectivity index (χ1) is 8.32. The quantitative estimate of drug-likeness (QED) is 0.809. The summed E-state index contributed by atoms with van der Waals surface area (Å²) >= 11 is 0. The number of carbonyl (C=O) groups is 1. The Morgan fingerprint density at radius 2 is 2.06 bits per heavy atom. The highest BCUT2D eigenvalue weighted by Gasteiger charge is 2.30. The van der Waals surface area contributed by atoms with E-state index < -0.39 is 20.7 Å². The number of rotatable bonds is 6. The Kier molecular flexibility index (Phi) is 4.75. The van der Waals surface area contributed by atoms with Crippen LogP contribution in [-0.2, 0) is 22.0 Å². The minimum Gasteiger partial charge on any atom is -0.476 e. The lowest BCUT2D eigenvalue weighted by Gasteiger charge is -2.05. The molecule has 1 heterocycles. The van der Waals surface area contributed by atoms with E-state index in [1.807, 2.05) is 6.92 Å². The number of halogens is 1. The summed E-state index contributed by atoms with van der Waals surface area (Å²) in [5.74, 6) is -1.39. The molecule has 0 radical (unpaired) electrons. The zero-order chi connectivity index (χ0) is 13.9. The first-order valence-electron chi connectivity index (χ1n) is 5.60. The normalized spacial score (nSPS) is 11.7. The van der Waals surface area contributed by atoms with Crippen molar-refractivity contribution < 1.29 is 18.3 Å². The number of aryl methyl sites for hydroxylation is 1. The van der Waals surface area contributed by atoms with E-state index in [2.05, 4.69) is 5.10 Å². The molecule has 8 heteroatoms. The van der Waals surface area contributed by atoms with Gasteiger partial charge in [0.25, 0.3) is 9.05 Å². The summed E-state index contributed by atoms with van der Waals surface area (Å²) in [5.41, 5.74) is -0.135. The molecule has 1 aromatic rings. The Balaban J connectivity index is 3.49. The lowest BCUT2D eigenvalue weighted by molar-refractivity contribution is 0.0685. The summed E-state index contributed by atoms with van der Waals surface area (Å²) in [5, 5.41) is 12.8. The number of hydrogen-bond acceptors (Lipinski definition) is 4. The molecule has 0 saturated carbocycles. The standard InChI is InChI=1S/C10H15ClN2O4S/c1-3-5-6-7-9(18(11,16)17)8(10(14)15)12-13(7)4-2/h3-6H2,1-2H3,(H,14,15). The predicted molar refractivity (Wildman–Crippen MR) is 66.5 cm³/mol. The molecule has 0 atom stereocenters. The van der Waals surface area contributed by atoms with Crippen molar-refractivity contribution in [2.24, 2.45) is 0 Å². The van der Waals surface area contributed by atoms with Gasteiger partial charge in [0.2, 0.25) is 0 Å². The third kappa shape index (κ3) is 3.02. The summed E-state index contributed by atoms with van der Waals surface area (Å²) < 4.78 is 24.4. The van der Waals surface area contributed by atoms with Crippen molar-refractivity contribution in [1.29, 1.82) is 0 Å². The molecular formula is C10H15ClN2O4S. The monoisotopic (exact) mass is 294 g/mol. The first kappa shape index (κ1) is 15.0. The van der Waals surface area contributed by atoms with Crippen molar-refractivity contribution in [3.8, 4) is 0 Å². The molecule has 0 amide bonds. The van der Waals surface area contributed by atoms with Crippen molar-refractivity contribution >= 4 is 25.7 Å². The average Bonchev–Trinajstić information content (AvgIpc) is 2.64. The SMILES string of the molecule is CCCCc1c(S(=O)(=O)Cl)c(C(=O)O)nn1CC. The Hall–Kier alpha value is -1.08. The van der Waals surface area contributed by atoms with Gasteiger partial charge in [0.05, 0.1) is 5.69 Å². The fraction of sp³-hybridized carbons (Fsp3) is 0.600. The highest BCUT2D eigenvalue weighted by Crippen LogP contribution is 2.26. The number of aromatic nitrogens is 2. The van der Waals surface area contributed by atoms with Gasteiger partial charge in [0, 0.05) is 17.2 Å². The van der Waals surface area contributed by atoms with Crippen LogP contribution < -0.4 is 0 Å². The maximum Gasteiger partial charge on any atom is 0.357 e. The second-order valence-corrected chi connectivity index (χ2v) is 6.29. The molecule has 6 nitrogen and oxygen atoms in total. The second kappa shape index (κ2) is 5.71. The number of carboxylic acid groups (broad SMARTS) is 1. The molecule has 0 aliphatic carbocycles. The van der Waals surface area contributed by atoms with Crippen molar-refractivity contribution in [3.63, 3.8) is 0 Å². The topological polar surface area (TPSA) is 89.3 Å². The molecule has 1 rings (SSSR count). The Labute approximate surface area is 110 Å². The third-order valence-electron chi connectivity index (χ3n) is 2.52. The van der Waals surface area contributed by atoms with Crippen LogP contribution in [0.3, 0.4) is 0 Å². The van der Waals surface area contributed by atoms with Gasteiger partial charge in [-0.15, -0.1) is 0 Å². The zero-order valence-electron chi connectivity index (χ0n) is 10.2. The maximum absolute atomic E-state index is 11.5. The van der Waals surface area contributed by atoms with Gasteiger partial charge in [-0.05, 0) is 19.8 Å². The van der Waals surface area contributed by atoms with Crippen LogP contribution in [-0.4, -0.2) is 29.3 Å². The number of hydrogen-bond donors (Lipinski definition) is 1. The van der Waals surface area contributed by atoms with E-state index in [0.717, 1.165) is 12.8 Å². The number of carboxylic acids is 1. The van der Waals surface area contributed by atoms with E-state index in [1.165, 1.54) is 4.68 Å². The Bertz CT molecular complexity index is 550. The molecule has 0 fully saturated rings. The molecule has 18 heavy (non-hydrogen) atoms. The maximum atomic E-state index is 11.5. The van der Waals surface area contributed by atoms with E-state index in [-0.39, 0.29) is 4.90 Å². The lowest BCUT2D eigenvalue weighted by Crippen LogP contribution is -2.06. The number of nitrogens with zero attached hydrogens (tertiary/aromatic N) is 2. The molecule has 102 valence electrons. The van der Waals surface area contributed by atoms with Crippen molar-refractivity contribution in [2.45, 2.75) is 44.6 Å². The highest BCUT2D eigenvalue weighted by atomic mass is 35.7. The van der Waals surface area contributed by atoms with E-state index >= 15 is 0 Å². The summed E-state index contributed by atoms with van der Waals surface area (Å²) in [6, 6.07) is 0. The number of aromatic carboxylic acids is 1. The lowest BCUT2D eigenvalue weighted by atomic mass is 10.2. The van der Waals surface area contributed by atoms with Gasteiger partial charge in [-0.1, -0.05) is 13.3 Å². The van der Waals surface area contributed by atoms with E-state index in [4.69, 9.17) is 15.8 Å². The smallest absolute Gasteiger partial charge is 0.357 e. The van der Waals surface area contributed by atoms with Gasteiger partial charge < -0.3 is 5.11 Å². The van der Waals surface area contributed by atoms with Crippen molar-refractivity contribution in [3.05, 3.63) is 11.4 Å². The fourth-order valence-corrected chi connectivity index (χ4v) is 3.06. The largest absolute Gasteiger partial charge is 0.476 e. The van der Waals surface area contributed by atoms with Crippen LogP contribution in [0, 0.1) is 0 Å². The molecule has 0 saturated heterocycles. The van der Waals surface area contributed by atoms with Crippen LogP contribution in [0.2, 0.25) is 0 Å². The average molecular weight is 295 g/mol. The van der Waals surface area contributed by atoms with Gasteiger partial charge >= 0.3 is 5.97 Å². The first-order valence-corrected chi connectivity index (χ1v) is 7.91. The summed E-state index contributed by atoms with van der Waals surface area (Å²) in [6.07, 6.45) is 2.04. The highest BCUT2D eigenvalue weighted by molar-refractivity contribution is 8.13. The number of unbranched alkanes of at least 4 members (excludes halogenated alkanes) is 1. The Morgan fingerprint density at radius 3 is 2.44 bits per heavy atom. The van der Waals surface area contributed by atoms with Crippen LogP contribution in [0.15, 0.2) is 4.90 Å². The van der Waals surface area contributed by atoms with Crippen LogP contribution in [0.5, 0.6) is 0 Å². The molecular weight excluding hydrogens is 280 g/mol. The van der Waals surface area contributed by atoms with Crippen LogP contribution >= 0.6 is 10.7 Å². The van der Waals surface area contributed by atoms with Crippen molar-refractivity contribution in [2.75, 3.05) is 0 Å². The summed E-state index contributed by atoms with van der Waals surface area (Å²) in [7, 11) is 1.20. The van der Waals surface area contributed by atoms with E-state index in [1.54, 1.807) is 6.92 Å². The molecule has 1 N–H and O–H groups in total. The van der Waals surface area contributed by atoms with Gasteiger partial charge in [-0.25, -0.2) is 13.2 Å². The van der Waals surface area contributed by atoms with Crippen LogP contribution in [0.1, 0.15) is 42.9 Å². The zero-order valence-corrected chi connectivity index (χ0v) is 11.8. The van der Waals surface area contributed by atoms with E-state index in [0.29, 0.717) is 18.7 Å². The summed E-state index contributed by atoms with van der Waals surface area (Å²) in [6.45, 7) is 4.12. The van der Waals surface area contributed by atoms with Gasteiger partial charge in [-0.3, -0.25) is 4.68 Å². The Morgan fingerprint density at radius 1 is 1.44 bits per heavy atom. The molecule has 0 aliphatic heterocycles. The molecule has 0 spiro atoms. The molecule has 0 aliphatic rings. The van der Waals surface area contributed by atoms with Crippen LogP contribution in [0.25, 0.3) is 0 Å².